The Labute approximate surface area is 491 Å². The van der Waals surface area contributed by atoms with Crippen molar-refractivity contribution < 1.29 is 57.1 Å². The molecule has 1 saturated carbocycles. The van der Waals surface area contributed by atoms with Crippen LogP contribution in [-0.4, -0.2) is 167 Å². The third-order valence-corrected chi connectivity index (χ3v) is 17.8. The summed E-state index contributed by atoms with van der Waals surface area (Å²) in [5.41, 5.74) is 2.82. The van der Waals surface area contributed by atoms with Crippen LogP contribution in [0.15, 0.2) is 72.2 Å². The number of halogens is 2. The summed E-state index contributed by atoms with van der Waals surface area (Å²) in [6.45, 7) is 12.1. The normalized spacial score (nSPS) is 20.4. The van der Waals surface area contributed by atoms with E-state index in [0.29, 0.717) is 55.5 Å². The number of β-amino-alcohol motifs (C(OH)–C–C–N with tert-alkyl or cyclic N) is 1. The number of carbonyl (C=O) groups excluding carboxylic acids is 3. The van der Waals surface area contributed by atoms with Crippen LogP contribution in [0.25, 0.3) is 43.2 Å². The SMILES string of the molecule is COCOc1cc(-c2c(F)cc3c(N4C[C@H]5CC[C@@](C)(C4)N5C(=O)O)nc(OCC4(CN(C)CCCOCCC(=O)N[C@H](C(=O)N5C[C@H](O)C[C@H]5C(=O)NCc5ccc(-c6scnc6C)cc5)C(C)(C)C)CC4)nc3c2F)c2ccccc2c1. The molecule has 2 aromatic heterocycles. The van der Waals surface area contributed by atoms with Crippen LogP contribution >= 0.6 is 11.3 Å². The maximum atomic E-state index is 17.4. The first-order valence-electron chi connectivity index (χ1n) is 28.7. The number of fused-ring (bicyclic) bond motifs is 4. The second-order valence-corrected chi connectivity index (χ2v) is 25.3. The van der Waals surface area contributed by atoms with Gasteiger partial charge < -0.3 is 54.5 Å². The number of aryl methyl sites for hydroxylation is 1. The first-order chi connectivity index (χ1) is 40.1. The monoisotopic (exact) mass is 1180 g/mol. The lowest BCUT2D eigenvalue weighted by atomic mass is 9.85. The molecule has 10 rings (SSSR count). The molecule has 3 saturated heterocycles. The van der Waals surface area contributed by atoms with E-state index in [2.05, 4.69) is 25.5 Å². The molecular weight excluding hydrogens is 1100 g/mol. The number of hydrogen-bond donors (Lipinski definition) is 4. The quantitative estimate of drug-likeness (QED) is 0.0349. The Morgan fingerprint density at radius 1 is 0.976 bits per heavy atom. The number of likely N-dealkylation sites (tertiary alicyclic amines) is 1. The van der Waals surface area contributed by atoms with Crippen LogP contribution in [0.3, 0.4) is 0 Å². The molecule has 5 atom stereocenters. The van der Waals surface area contributed by atoms with Crippen LogP contribution in [0.4, 0.5) is 19.4 Å². The number of thiazole rings is 1. The number of amides is 4. The van der Waals surface area contributed by atoms with Gasteiger partial charge in [0.25, 0.3) is 0 Å². The van der Waals surface area contributed by atoms with E-state index in [-0.39, 0.29) is 116 Å². The second-order valence-electron chi connectivity index (χ2n) is 24.4. The zero-order chi connectivity index (χ0) is 59.7. The van der Waals surface area contributed by atoms with E-state index >= 15 is 8.78 Å². The molecule has 0 unspecified atom stereocenters. The maximum Gasteiger partial charge on any atom is 0.408 e. The zero-order valence-electron chi connectivity index (χ0n) is 48.7. The molecule has 5 heterocycles. The van der Waals surface area contributed by atoms with Gasteiger partial charge in [0.2, 0.25) is 17.7 Å². The van der Waals surface area contributed by atoms with Gasteiger partial charge in [0.1, 0.15) is 35.0 Å². The highest BCUT2D eigenvalue weighted by Gasteiger charge is 2.52. The maximum absolute atomic E-state index is 17.4. The third kappa shape index (κ3) is 13.1. The van der Waals surface area contributed by atoms with Crippen LogP contribution in [0.1, 0.15) is 83.9 Å². The largest absolute Gasteiger partial charge is 0.468 e. The number of rotatable bonds is 23. The molecule has 84 heavy (non-hydrogen) atoms. The molecule has 0 spiro atoms. The predicted octanol–water partition coefficient (Wildman–Crippen LogP) is 8.56. The summed E-state index contributed by atoms with van der Waals surface area (Å²) in [6, 6.07) is 17.4. The molecule has 3 aliphatic heterocycles. The lowest BCUT2D eigenvalue weighted by Crippen LogP contribution is -2.62. The number of methoxy groups -OCH3 is 1. The topological polar surface area (TPSA) is 221 Å². The minimum absolute atomic E-state index is 0.00905. The molecule has 22 heteroatoms. The molecule has 4 aromatic carbocycles. The molecule has 1 aliphatic carbocycles. The highest BCUT2D eigenvalue weighted by Crippen LogP contribution is 2.48. The first kappa shape index (κ1) is 60.0. The number of aromatic nitrogens is 3. The molecule has 0 radical (unpaired) electrons. The van der Waals surface area contributed by atoms with Crippen molar-refractivity contribution in [3.63, 3.8) is 0 Å². The van der Waals surface area contributed by atoms with Crippen molar-refractivity contribution in [3.8, 4) is 33.3 Å². The highest BCUT2D eigenvalue weighted by molar-refractivity contribution is 7.13. The van der Waals surface area contributed by atoms with E-state index in [4.69, 9.17) is 23.9 Å². The van der Waals surface area contributed by atoms with E-state index in [0.717, 1.165) is 34.5 Å². The number of nitrogens with one attached hydrogen (secondary N) is 2. The number of carboxylic acid groups (broad SMARTS) is 1. The van der Waals surface area contributed by atoms with Crippen LogP contribution in [0.2, 0.25) is 0 Å². The summed E-state index contributed by atoms with van der Waals surface area (Å²) in [7, 11) is 3.49. The minimum atomic E-state index is -1.01. The fourth-order valence-electron chi connectivity index (χ4n) is 12.3. The lowest BCUT2D eigenvalue weighted by Gasteiger charge is -2.46. The lowest BCUT2D eigenvalue weighted by molar-refractivity contribution is -0.144. The Kier molecular flexibility index (Phi) is 17.8. The Bertz CT molecular complexity index is 3410. The fraction of sp³-hybridized carbons (Fsp3) is 0.500. The highest BCUT2D eigenvalue weighted by atomic mass is 32.1. The number of nitrogens with zero attached hydrogens (tertiary/aromatic N) is 7. The minimum Gasteiger partial charge on any atom is -0.468 e. The van der Waals surface area contributed by atoms with Crippen LogP contribution < -0.4 is 25.0 Å². The molecule has 4 fully saturated rings. The number of benzene rings is 4. The van der Waals surface area contributed by atoms with Crippen molar-refractivity contribution in [3.05, 3.63) is 95.1 Å². The van der Waals surface area contributed by atoms with Gasteiger partial charge in [0.15, 0.2) is 12.6 Å². The van der Waals surface area contributed by atoms with E-state index in [1.54, 1.807) is 35.6 Å². The number of aliphatic hydroxyl groups excluding tert-OH is 1. The number of ether oxygens (including phenoxy) is 4. The number of anilines is 1. The summed E-state index contributed by atoms with van der Waals surface area (Å²) >= 11 is 1.56. The second kappa shape index (κ2) is 24.8. The summed E-state index contributed by atoms with van der Waals surface area (Å²) in [5.74, 6) is -2.29. The van der Waals surface area contributed by atoms with E-state index in [1.165, 1.54) is 23.0 Å². The first-order valence-corrected chi connectivity index (χ1v) is 29.6. The summed E-state index contributed by atoms with van der Waals surface area (Å²) < 4.78 is 57.5. The standard InChI is InChI=1S/C62H75F2N9O10S/c1-37-53(84-35-66-37)39-15-13-38(14-16-39)29-65-56(76)48-26-42(74)31-72(48)57(77)54(60(2,3)4)67-49(75)18-24-81-23-10-22-70(6)33-62(20-21-62)34-82-58-68-52-46(55(69-58)71-30-41-17-19-61(5,32-71)73(41)59(78)79)28-47(63)50(51(52)64)45-27-43(83-36-80-7)25-40-11-8-9-12-44(40)45/h8-9,11-16,25,27-28,35,41-42,48,54,74H,10,17-24,26,29-34,36H2,1-7H3,(H,65,76)(H,67,75)(H,78,79)/t41-,42-,48+,54-,61+/m1/s1. The number of piperazine rings is 1. The van der Waals surface area contributed by atoms with Gasteiger partial charge in [-0.15, -0.1) is 11.3 Å². The van der Waals surface area contributed by atoms with Crippen molar-refractivity contribution in [2.75, 3.05) is 78.4 Å². The average Bonchev–Trinajstić information content (AvgIpc) is 3.96. The molecule has 4 aliphatic rings. The fourth-order valence-corrected chi connectivity index (χ4v) is 13.1. The number of aliphatic hydroxyl groups is 1. The molecule has 4 N–H and O–H groups in total. The van der Waals surface area contributed by atoms with E-state index < -0.39 is 52.8 Å². The van der Waals surface area contributed by atoms with Gasteiger partial charge in [-0.05, 0) is 104 Å². The third-order valence-electron chi connectivity index (χ3n) is 16.8. The van der Waals surface area contributed by atoms with Gasteiger partial charge in [-0.25, -0.2) is 18.6 Å². The average molecular weight is 1180 g/mol. The number of hydrogen-bond acceptors (Lipinski definition) is 15. The van der Waals surface area contributed by atoms with Gasteiger partial charge in [0.05, 0.1) is 52.5 Å². The van der Waals surface area contributed by atoms with Crippen molar-refractivity contribution in [2.45, 2.75) is 116 Å². The molecule has 6 aromatic rings. The Balaban J connectivity index is 0.738. The van der Waals surface area contributed by atoms with Crippen LogP contribution in [0, 0.1) is 29.4 Å². The van der Waals surface area contributed by atoms with Crippen molar-refractivity contribution in [1.82, 2.24) is 40.3 Å². The van der Waals surface area contributed by atoms with Gasteiger partial charge in [-0.1, -0.05) is 69.3 Å². The summed E-state index contributed by atoms with van der Waals surface area (Å²) in [5, 5.41) is 28.2. The Morgan fingerprint density at radius 3 is 2.45 bits per heavy atom. The zero-order valence-corrected chi connectivity index (χ0v) is 49.5. The van der Waals surface area contributed by atoms with Gasteiger partial charge in [-0.3, -0.25) is 19.3 Å². The van der Waals surface area contributed by atoms with Crippen molar-refractivity contribution in [1.29, 1.82) is 0 Å². The van der Waals surface area contributed by atoms with Crippen LogP contribution in [0.5, 0.6) is 11.8 Å². The van der Waals surface area contributed by atoms with Crippen LogP contribution in [-0.2, 0) is 30.4 Å². The van der Waals surface area contributed by atoms with Gasteiger partial charge in [-0.2, -0.15) is 9.97 Å². The predicted molar refractivity (Wildman–Crippen MR) is 315 cm³/mol. The molecular formula is C62H75F2N9O10S. The molecule has 4 amide bonds. The van der Waals surface area contributed by atoms with Crippen molar-refractivity contribution in [2.24, 2.45) is 10.8 Å². The van der Waals surface area contributed by atoms with Gasteiger partial charge >= 0.3 is 12.1 Å². The Morgan fingerprint density at radius 2 is 1.75 bits per heavy atom. The molecule has 448 valence electrons. The summed E-state index contributed by atoms with van der Waals surface area (Å²) in [4.78, 5) is 75.5. The Hall–Kier alpha value is -7.11. The summed E-state index contributed by atoms with van der Waals surface area (Å²) in [6.07, 6.45) is 1.86. The van der Waals surface area contributed by atoms with Gasteiger partial charge in [0, 0.05) is 76.6 Å². The number of carbonyl (C=O) groups is 4. The smallest absolute Gasteiger partial charge is 0.408 e. The van der Waals surface area contributed by atoms with E-state index in [9.17, 15) is 29.4 Å². The van der Waals surface area contributed by atoms with E-state index in [1.807, 2.05) is 88.5 Å². The molecule has 2 bridgehead atoms. The molecule has 19 nitrogen and oxygen atoms in total. The van der Waals surface area contributed by atoms with Crippen molar-refractivity contribution >= 4 is 62.6 Å².